The molecule has 2 saturated heterocycles. The summed E-state index contributed by atoms with van der Waals surface area (Å²) in [6, 6.07) is 6.45. The van der Waals surface area contributed by atoms with Crippen LogP contribution < -0.4 is 4.90 Å². The Balaban J connectivity index is 1.35. The van der Waals surface area contributed by atoms with Crippen molar-refractivity contribution in [1.82, 2.24) is 18.8 Å². The van der Waals surface area contributed by atoms with E-state index in [0.29, 0.717) is 26.2 Å². The Bertz CT molecular complexity index is 1050. The summed E-state index contributed by atoms with van der Waals surface area (Å²) >= 11 is 0. The first-order valence-electron chi connectivity index (χ1n) is 11.5. The molecule has 0 bridgehead atoms. The Kier molecular flexibility index (Phi) is 6.85. The van der Waals surface area contributed by atoms with E-state index in [9.17, 15) is 13.2 Å². The van der Waals surface area contributed by atoms with Crippen LogP contribution in [0.3, 0.4) is 0 Å². The smallest absolute Gasteiger partial charge is 0.262 e. The minimum atomic E-state index is -3.60. The summed E-state index contributed by atoms with van der Waals surface area (Å²) in [5.74, 6) is -0.0123. The number of aromatic nitrogens is 2. The average Bonchev–Trinajstić information content (AvgIpc) is 3.08. The molecule has 0 unspecified atom stereocenters. The Labute approximate surface area is 190 Å². The fourth-order valence-electron chi connectivity index (χ4n) is 4.49. The Hall–Kier alpha value is -2.39. The second-order valence-corrected chi connectivity index (χ2v) is 10.7. The lowest BCUT2D eigenvalue weighted by Crippen LogP contribution is -2.49. The molecule has 3 heterocycles. The maximum absolute atomic E-state index is 12.9. The van der Waals surface area contributed by atoms with Crippen LogP contribution in [0.5, 0.6) is 0 Å². The predicted octanol–water partition coefficient (Wildman–Crippen LogP) is 2.41. The van der Waals surface area contributed by atoms with Crippen LogP contribution in [0.15, 0.2) is 35.7 Å². The molecule has 1 aromatic heterocycles. The molecule has 4 rings (SSSR count). The van der Waals surface area contributed by atoms with Gasteiger partial charge in [-0.25, -0.2) is 13.4 Å². The predicted molar refractivity (Wildman–Crippen MR) is 124 cm³/mol. The molecule has 0 spiro atoms. The van der Waals surface area contributed by atoms with Gasteiger partial charge in [-0.05, 0) is 43.9 Å². The van der Waals surface area contributed by atoms with E-state index in [1.165, 1.54) is 33.6 Å². The first-order valence-corrected chi connectivity index (χ1v) is 12.9. The number of aryl methyl sites for hydroxylation is 2. The highest BCUT2D eigenvalue weighted by Gasteiger charge is 2.28. The van der Waals surface area contributed by atoms with Crippen LogP contribution in [0.2, 0.25) is 0 Å². The molecule has 2 aliphatic heterocycles. The third-order valence-electron chi connectivity index (χ3n) is 6.43. The number of carbonyl (C=O) groups excluding carboxylic acids is 1. The van der Waals surface area contributed by atoms with Gasteiger partial charge in [0.05, 0.1) is 6.33 Å². The van der Waals surface area contributed by atoms with Crippen molar-refractivity contribution in [3.63, 3.8) is 0 Å². The molecule has 9 heteroatoms. The number of sulfonamides is 1. The van der Waals surface area contributed by atoms with Crippen LogP contribution in [0.25, 0.3) is 0 Å². The van der Waals surface area contributed by atoms with Crippen molar-refractivity contribution in [2.45, 2.75) is 51.1 Å². The fourth-order valence-corrected chi connectivity index (χ4v) is 5.94. The standard InChI is InChI=1S/C23H33N5O3S/c1-19-7-8-20(2)21(15-19)26-11-13-27(14-12-26)23(29)17-25-16-22(24-18-25)32(30,31)28-9-5-3-4-6-10-28/h7-8,15-16,18H,3-6,9-14,17H2,1-2H3. The molecule has 174 valence electrons. The number of amides is 1. The first kappa shape index (κ1) is 22.8. The number of piperazine rings is 1. The lowest BCUT2D eigenvalue weighted by atomic mass is 10.1. The summed E-state index contributed by atoms with van der Waals surface area (Å²) in [7, 11) is -3.60. The van der Waals surface area contributed by atoms with Crippen molar-refractivity contribution in [2.75, 3.05) is 44.2 Å². The van der Waals surface area contributed by atoms with Gasteiger partial charge >= 0.3 is 0 Å². The van der Waals surface area contributed by atoms with Crippen molar-refractivity contribution in [2.24, 2.45) is 0 Å². The van der Waals surface area contributed by atoms with Gasteiger partial charge in [-0.15, -0.1) is 0 Å². The number of anilines is 1. The highest BCUT2D eigenvalue weighted by Crippen LogP contribution is 2.23. The summed E-state index contributed by atoms with van der Waals surface area (Å²) in [6.45, 7) is 8.27. The fraction of sp³-hybridized carbons (Fsp3) is 0.565. The molecule has 8 nitrogen and oxygen atoms in total. The number of hydrogen-bond donors (Lipinski definition) is 0. The number of imidazole rings is 1. The number of nitrogens with zero attached hydrogens (tertiary/aromatic N) is 5. The summed E-state index contributed by atoms with van der Waals surface area (Å²) in [5.41, 5.74) is 3.71. The van der Waals surface area contributed by atoms with Crippen LogP contribution in [0.1, 0.15) is 36.8 Å². The van der Waals surface area contributed by atoms with E-state index in [1.807, 2.05) is 4.90 Å². The number of rotatable bonds is 5. The Morgan fingerprint density at radius 2 is 1.66 bits per heavy atom. The second kappa shape index (κ2) is 9.62. The third kappa shape index (κ3) is 4.99. The molecule has 1 aromatic carbocycles. The van der Waals surface area contributed by atoms with E-state index in [4.69, 9.17) is 0 Å². The molecule has 0 aliphatic carbocycles. The van der Waals surface area contributed by atoms with Gasteiger partial charge < -0.3 is 14.4 Å². The van der Waals surface area contributed by atoms with Gasteiger partial charge in [0.2, 0.25) is 5.91 Å². The van der Waals surface area contributed by atoms with E-state index in [0.717, 1.165) is 38.8 Å². The Morgan fingerprint density at radius 1 is 0.969 bits per heavy atom. The average molecular weight is 460 g/mol. The zero-order valence-corrected chi connectivity index (χ0v) is 19.9. The highest BCUT2D eigenvalue weighted by atomic mass is 32.2. The lowest BCUT2D eigenvalue weighted by molar-refractivity contribution is -0.132. The molecule has 2 aliphatic rings. The number of benzene rings is 1. The quantitative estimate of drug-likeness (QED) is 0.686. The van der Waals surface area contributed by atoms with Gasteiger partial charge in [0, 0.05) is 51.2 Å². The molecule has 0 N–H and O–H groups in total. The molecule has 32 heavy (non-hydrogen) atoms. The number of carbonyl (C=O) groups is 1. The molecule has 0 atom stereocenters. The molecule has 2 fully saturated rings. The first-order chi connectivity index (χ1) is 15.3. The van der Waals surface area contributed by atoms with Crippen molar-refractivity contribution in [3.8, 4) is 0 Å². The van der Waals surface area contributed by atoms with Crippen LogP contribution >= 0.6 is 0 Å². The van der Waals surface area contributed by atoms with Crippen molar-refractivity contribution < 1.29 is 13.2 Å². The van der Waals surface area contributed by atoms with Crippen molar-refractivity contribution in [1.29, 1.82) is 0 Å². The van der Waals surface area contributed by atoms with E-state index in [-0.39, 0.29) is 17.5 Å². The van der Waals surface area contributed by atoms with E-state index in [1.54, 1.807) is 4.57 Å². The van der Waals surface area contributed by atoms with Gasteiger partial charge in [0.25, 0.3) is 10.0 Å². The third-order valence-corrected chi connectivity index (χ3v) is 8.22. The van der Waals surface area contributed by atoms with Crippen LogP contribution in [-0.2, 0) is 21.4 Å². The van der Waals surface area contributed by atoms with Gasteiger partial charge in [-0.3, -0.25) is 4.79 Å². The maximum atomic E-state index is 12.9. The molecule has 0 radical (unpaired) electrons. The SMILES string of the molecule is Cc1ccc(C)c(N2CCN(C(=O)Cn3cnc(S(=O)(=O)N4CCCCCC4)c3)CC2)c1. The summed E-state index contributed by atoms with van der Waals surface area (Å²) in [5, 5.41) is 0.0342. The summed E-state index contributed by atoms with van der Waals surface area (Å²) in [4.78, 5) is 21.1. The van der Waals surface area contributed by atoms with Crippen molar-refractivity contribution in [3.05, 3.63) is 41.9 Å². The van der Waals surface area contributed by atoms with Gasteiger partial charge in [-0.1, -0.05) is 25.0 Å². The van der Waals surface area contributed by atoms with Crippen LogP contribution in [0, 0.1) is 13.8 Å². The number of hydrogen-bond acceptors (Lipinski definition) is 5. The maximum Gasteiger partial charge on any atom is 0.262 e. The van der Waals surface area contributed by atoms with E-state index >= 15 is 0 Å². The molecule has 0 saturated carbocycles. The highest BCUT2D eigenvalue weighted by molar-refractivity contribution is 7.89. The van der Waals surface area contributed by atoms with Gasteiger partial charge in [0.15, 0.2) is 5.03 Å². The second-order valence-electron chi connectivity index (χ2n) is 8.86. The zero-order valence-electron chi connectivity index (χ0n) is 19.0. The van der Waals surface area contributed by atoms with E-state index in [2.05, 4.69) is 41.9 Å². The monoisotopic (exact) mass is 459 g/mol. The zero-order chi connectivity index (χ0) is 22.7. The molecule has 2 aromatic rings. The summed E-state index contributed by atoms with van der Waals surface area (Å²) < 4.78 is 28.9. The Morgan fingerprint density at radius 3 is 2.34 bits per heavy atom. The lowest BCUT2D eigenvalue weighted by Gasteiger charge is -2.37. The van der Waals surface area contributed by atoms with Crippen LogP contribution in [0.4, 0.5) is 5.69 Å². The normalized spacial score (nSPS) is 18.6. The summed E-state index contributed by atoms with van der Waals surface area (Å²) in [6.07, 6.45) is 6.83. The molecule has 1 amide bonds. The van der Waals surface area contributed by atoms with Crippen LogP contribution in [-0.4, -0.2) is 72.3 Å². The molecular formula is C23H33N5O3S. The van der Waals surface area contributed by atoms with Crippen molar-refractivity contribution >= 4 is 21.6 Å². The molecular weight excluding hydrogens is 426 g/mol. The van der Waals surface area contributed by atoms with Gasteiger partial charge in [-0.2, -0.15) is 4.31 Å². The topological polar surface area (TPSA) is 78.8 Å². The minimum absolute atomic E-state index is 0.0123. The van der Waals surface area contributed by atoms with E-state index < -0.39 is 10.0 Å². The minimum Gasteiger partial charge on any atom is -0.368 e. The largest absolute Gasteiger partial charge is 0.368 e. The van der Waals surface area contributed by atoms with Gasteiger partial charge in [0.1, 0.15) is 6.54 Å².